The van der Waals surface area contributed by atoms with E-state index in [0.717, 1.165) is 47.4 Å². The quantitative estimate of drug-likeness (QED) is 0.707. The summed E-state index contributed by atoms with van der Waals surface area (Å²) >= 11 is 12.0. The number of anilines is 1. The Morgan fingerprint density at radius 2 is 1.82 bits per heavy atom. The van der Waals surface area contributed by atoms with Gasteiger partial charge in [0.1, 0.15) is 5.82 Å². The first-order valence-electron chi connectivity index (χ1n) is 7.34. The van der Waals surface area contributed by atoms with Crippen molar-refractivity contribution >= 4 is 29.0 Å². The van der Waals surface area contributed by atoms with Gasteiger partial charge in [-0.1, -0.05) is 41.1 Å². The number of rotatable bonds is 1. The molecule has 2 heterocycles. The first-order chi connectivity index (χ1) is 10.7. The van der Waals surface area contributed by atoms with E-state index in [0.29, 0.717) is 5.92 Å². The Balaban J connectivity index is 1.61. The SMILES string of the molecule is Clc1cccc(C#CC2CCN(c3cc(Cl)ccn3)CC2)c1. The summed E-state index contributed by atoms with van der Waals surface area (Å²) in [4.78, 5) is 6.65. The minimum absolute atomic E-state index is 0.425. The van der Waals surface area contributed by atoms with Gasteiger partial charge in [-0.2, -0.15) is 0 Å². The van der Waals surface area contributed by atoms with Crippen molar-refractivity contribution in [3.63, 3.8) is 0 Å². The van der Waals surface area contributed by atoms with Gasteiger partial charge in [-0.15, -0.1) is 0 Å². The van der Waals surface area contributed by atoms with Crippen LogP contribution in [0.5, 0.6) is 0 Å². The molecule has 3 rings (SSSR count). The Morgan fingerprint density at radius 3 is 2.55 bits per heavy atom. The molecule has 0 amide bonds. The van der Waals surface area contributed by atoms with Crippen LogP contribution >= 0.6 is 23.2 Å². The van der Waals surface area contributed by atoms with Crippen LogP contribution < -0.4 is 4.90 Å². The molecule has 1 aliphatic heterocycles. The predicted octanol–water partition coefficient (Wildman–Crippen LogP) is 4.66. The molecule has 4 heteroatoms. The third-order valence-corrected chi connectivity index (χ3v) is 4.24. The lowest BCUT2D eigenvalue weighted by molar-refractivity contribution is 0.489. The second-order valence-electron chi connectivity index (χ2n) is 5.37. The normalized spacial score (nSPS) is 15.3. The van der Waals surface area contributed by atoms with Crippen LogP contribution in [-0.4, -0.2) is 18.1 Å². The molecule has 2 aromatic rings. The first kappa shape index (κ1) is 15.2. The molecule has 0 radical (unpaired) electrons. The summed E-state index contributed by atoms with van der Waals surface area (Å²) in [5.41, 5.74) is 0.978. The number of pyridine rings is 1. The van der Waals surface area contributed by atoms with Crippen LogP contribution in [0.4, 0.5) is 5.82 Å². The largest absolute Gasteiger partial charge is 0.356 e. The van der Waals surface area contributed by atoms with Crippen molar-refractivity contribution in [1.82, 2.24) is 4.98 Å². The van der Waals surface area contributed by atoms with Crippen LogP contribution in [0.25, 0.3) is 0 Å². The number of halogens is 2. The zero-order chi connectivity index (χ0) is 15.4. The molecule has 112 valence electrons. The van der Waals surface area contributed by atoms with Gasteiger partial charge in [0.25, 0.3) is 0 Å². The van der Waals surface area contributed by atoms with Gasteiger partial charge in [-0.3, -0.25) is 0 Å². The highest BCUT2D eigenvalue weighted by Gasteiger charge is 2.18. The lowest BCUT2D eigenvalue weighted by atomic mass is 9.97. The Labute approximate surface area is 141 Å². The summed E-state index contributed by atoms with van der Waals surface area (Å²) in [7, 11) is 0. The van der Waals surface area contributed by atoms with Crippen LogP contribution in [-0.2, 0) is 0 Å². The molecular weight excluding hydrogens is 315 g/mol. The molecule has 0 bridgehead atoms. The summed E-state index contributed by atoms with van der Waals surface area (Å²) in [5.74, 6) is 7.97. The number of benzene rings is 1. The fourth-order valence-electron chi connectivity index (χ4n) is 2.57. The Morgan fingerprint density at radius 1 is 1.05 bits per heavy atom. The molecule has 0 unspecified atom stereocenters. The highest BCUT2D eigenvalue weighted by Crippen LogP contribution is 2.23. The van der Waals surface area contributed by atoms with Crippen LogP contribution in [0.1, 0.15) is 18.4 Å². The van der Waals surface area contributed by atoms with Crippen molar-refractivity contribution in [2.24, 2.45) is 5.92 Å². The average molecular weight is 331 g/mol. The van der Waals surface area contributed by atoms with Crippen LogP contribution in [0.2, 0.25) is 10.0 Å². The van der Waals surface area contributed by atoms with Crippen LogP contribution in [0, 0.1) is 17.8 Å². The molecule has 0 atom stereocenters. The summed E-state index contributed by atoms with van der Waals surface area (Å²) < 4.78 is 0. The van der Waals surface area contributed by atoms with E-state index in [4.69, 9.17) is 23.2 Å². The highest BCUT2D eigenvalue weighted by atomic mass is 35.5. The fourth-order valence-corrected chi connectivity index (χ4v) is 2.92. The number of piperidine rings is 1. The molecule has 1 aliphatic rings. The van der Waals surface area contributed by atoms with Crippen molar-refractivity contribution in [1.29, 1.82) is 0 Å². The number of hydrogen-bond acceptors (Lipinski definition) is 2. The topological polar surface area (TPSA) is 16.1 Å². The molecule has 1 saturated heterocycles. The maximum absolute atomic E-state index is 6.02. The van der Waals surface area contributed by atoms with E-state index >= 15 is 0 Å². The van der Waals surface area contributed by atoms with E-state index in [-0.39, 0.29) is 0 Å². The second kappa shape index (κ2) is 7.05. The van der Waals surface area contributed by atoms with Gasteiger partial charge in [-0.25, -0.2) is 4.98 Å². The van der Waals surface area contributed by atoms with E-state index in [1.165, 1.54) is 0 Å². The number of nitrogens with zero attached hydrogens (tertiary/aromatic N) is 2. The molecule has 22 heavy (non-hydrogen) atoms. The van der Waals surface area contributed by atoms with Gasteiger partial charge >= 0.3 is 0 Å². The second-order valence-corrected chi connectivity index (χ2v) is 6.25. The van der Waals surface area contributed by atoms with Crippen molar-refractivity contribution in [3.05, 3.63) is 58.2 Å². The molecule has 1 aromatic heterocycles. The van der Waals surface area contributed by atoms with Gasteiger partial charge < -0.3 is 4.90 Å². The van der Waals surface area contributed by atoms with E-state index < -0.39 is 0 Å². The maximum Gasteiger partial charge on any atom is 0.129 e. The summed E-state index contributed by atoms with van der Waals surface area (Å²) in [6.07, 6.45) is 3.84. The molecule has 0 saturated carbocycles. The Kier molecular flexibility index (Phi) is 4.87. The maximum atomic E-state index is 6.02. The Bertz CT molecular complexity index is 710. The average Bonchev–Trinajstić information content (AvgIpc) is 2.54. The Hall–Kier alpha value is -1.69. The standard InChI is InChI=1S/C18H16Cl2N2/c19-16-3-1-2-15(12-16)5-4-14-7-10-22(11-8-14)18-13-17(20)6-9-21-18/h1-3,6,9,12-14H,7-8,10-11H2. The van der Waals surface area contributed by atoms with Gasteiger partial charge in [0, 0.05) is 40.8 Å². The van der Waals surface area contributed by atoms with Crippen LogP contribution in [0.3, 0.4) is 0 Å². The molecule has 0 spiro atoms. The third kappa shape index (κ3) is 3.94. The van der Waals surface area contributed by atoms with E-state index in [1.54, 1.807) is 12.3 Å². The zero-order valence-electron chi connectivity index (χ0n) is 12.1. The van der Waals surface area contributed by atoms with Crippen molar-refractivity contribution < 1.29 is 0 Å². The summed E-state index contributed by atoms with van der Waals surface area (Å²) in [6, 6.07) is 11.4. The number of aromatic nitrogens is 1. The smallest absolute Gasteiger partial charge is 0.129 e. The van der Waals surface area contributed by atoms with Gasteiger partial charge in [0.15, 0.2) is 0 Å². The number of hydrogen-bond donors (Lipinski definition) is 0. The van der Waals surface area contributed by atoms with Crippen LogP contribution in [0.15, 0.2) is 42.6 Å². The minimum atomic E-state index is 0.425. The van der Waals surface area contributed by atoms with E-state index in [2.05, 4.69) is 21.7 Å². The first-order valence-corrected chi connectivity index (χ1v) is 8.10. The predicted molar refractivity (Wildman–Crippen MR) is 92.5 cm³/mol. The minimum Gasteiger partial charge on any atom is -0.356 e. The molecule has 1 aromatic carbocycles. The van der Waals surface area contributed by atoms with E-state index in [9.17, 15) is 0 Å². The van der Waals surface area contributed by atoms with Gasteiger partial charge in [0.2, 0.25) is 0 Å². The fraction of sp³-hybridized carbons (Fsp3) is 0.278. The molecule has 2 nitrogen and oxygen atoms in total. The lowest BCUT2D eigenvalue weighted by Crippen LogP contribution is -2.33. The van der Waals surface area contributed by atoms with Crippen molar-refractivity contribution in [2.75, 3.05) is 18.0 Å². The zero-order valence-corrected chi connectivity index (χ0v) is 13.6. The van der Waals surface area contributed by atoms with Crippen molar-refractivity contribution in [2.45, 2.75) is 12.8 Å². The lowest BCUT2D eigenvalue weighted by Gasteiger charge is -2.30. The van der Waals surface area contributed by atoms with E-state index in [1.807, 2.05) is 30.3 Å². The monoisotopic (exact) mass is 330 g/mol. The third-order valence-electron chi connectivity index (χ3n) is 3.77. The highest BCUT2D eigenvalue weighted by molar-refractivity contribution is 6.31. The summed E-state index contributed by atoms with van der Waals surface area (Å²) in [6.45, 7) is 1.92. The van der Waals surface area contributed by atoms with Crippen molar-refractivity contribution in [3.8, 4) is 11.8 Å². The molecule has 0 aliphatic carbocycles. The van der Waals surface area contributed by atoms with Gasteiger partial charge in [0.05, 0.1) is 0 Å². The summed E-state index contributed by atoms with van der Waals surface area (Å²) in [5, 5.41) is 1.46. The molecule has 1 fully saturated rings. The molecule has 0 N–H and O–H groups in total. The van der Waals surface area contributed by atoms with Gasteiger partial charge in [-0.05, 0) is 43.2 Å². The molecular formula is C18H16Cl2N2.